The Morgan fingerprint density at radius 1 is 1.45 bits per heavy atom. The van der Waals surface area contributed by atoms with Crippen LogP contribution in [-0.4, -0.2) is 48.0 Å². The van der Waals surface area contributed by atoms with Crippen LogP contribution in [-0.2, 0) is 26.2 Å². The van der Waals surface area contributed by atoms with Crippen molar-refractivity contribution in [2.24, 2.45) is 0 Å². The Bertz CT molecular complexity index is 580. The van der Waals surface area contributed by atoms with E-state index in [-0.39, 0.29) is 36.7 Å². The number of sulfonamides is 1. The van der Waals surface area contributed by atoms with Gasteiger partial charge < -0.3 is 10.4 Å². The molecule has 20 heavy (non-hydrogen) atoms. The number of aromatic nitrogens is 2. The molecule has 9 nitrogen and oxygen atoms in total. The number of carboxylic acids is 1. The van der Waals surface area contributed by atoms with Crippen LogP contribution in [0.25, 0.3) is 0 Å². The minimum Gasteiger partial charge on any atom is -0.481 e. The fraction of sp³-hybridized carbons (Fsp3) is 0.500. The molecule has 0 fully saturated rings. The molecule has 0 aliphatic rings. The molecule has 0 atom stereocenters. The number of rotatable bonds is 8. The third kappa shape index (κ3) is 5.69. The highest BCUT2D eigenvalue weighted by atomic mass is 32.2. The van der Waals surface area contributed by atoms with Crippen LogP contribution in [0.5, 0.6) is 0 Å². The van der Waals surface area contributed by atoms with Gasteiger partial charge in [0.1, 0.15) is 6.54 Å². The molecule has 0 saturated heterocycles. The second-order valence-corrected chi connectivity index (χ2v) is 5.86. The van der Waals surface area contributed by atoms with Gasteiger partial charge in [0, 0.05) is 19.7 Å². The standard InChI is InChI=1S/C10H16N4O5S/c1-11-9(15)7-14-6-8(5-12-14)13-20(18,19)4-2-3-10(16)17/h5-6,13H,2-4,7H2,1H3,(H,11,15)(H,16,17). The molecule has 1 amide bonds. The van der Waals surface area contributed by atoms with Crippen molar-refractivity contribution in [1.29, 1.82) is 0 Å². The molecule has 10 heteroatoms. The zero-order chi connectivity index (χ0) is 15.2. The van der Waals surface area contributed by atoms with Crippen molar-refractivity contribution in [2.75, 3.05) is 17.5 Å². The molecule has 1 aromatic heterocycles. The van der Waals surface area contributed by atoms with Crippen molar-refractivity contribution >= 4 is 27.6 Å². The van der Waals surface area contributed by atoms with Gasteiger partial charge in [0.05, 0.1) is 17.6 Å². The van der Waals surface area contributed by atoms with Gasteiger partial charge in [-0.05, 0) is 6.42 Å². The van der Waals surface area contributed by atoms with Crippen molar-refractivity contribution in [3.05, 3.63) is 12.4 Å². The lowest BCUT2D eigenvalue weighted by molar-refractivity contribution is -0.137. The predicted molar refractivity (Wildman–Crippen MR) is 70.6 cm³/mol. The molecular formula is C10H16N4O5S. The van der Waals surface area contributed by atoms with Crippen LogP contribution in [0.3, 0.4) is 0 Å². The van der Waals surface area contributed by atoms with Crippen LogP contribution in [0, 0.1) is 0 Å². The Kier molecular flexibility index (Phi) is 5.50. The maximum absolute atomic E-state index is 11.6. The lowest BCUT2D eigenvalue weighted by atomic mass is 10.3. The quantitative estimate of drug-likeness (QED) is 0.578. The largest absolute Gasteiger partial charge is 0.481 e. The van der Waals surface area contributed by atoms with E-state index in [0.717, 1.165) is 0 Å². The van der Waals surface area contributed by atoms with Gasteiger partial charge in [0.25, 0.3) is 0 Å². The number of aliphatic carboxylic acids is 1. The van der Waals surface area contributed by atoms with Gasteiger partial charge in [-0.3, -0.25) is 19.0 Å². The Labute approximate surface area is 116 Å². The summed E-state index contributed by atoms with van der Waals surface area (Å²) in [5.41, 5.74) is 0.226. The first-order valence-electron chi connectivity index (χ1n) is 5.78. The molecule has 0 saturated carbocycles. The smallest absolute Gasteiger partial charge is 0.303 e. The summed E-state index contributed by atoms with van der Waals surface area (Å²) in [4.78, 5) is 21.4. The molecule has 1 heterocycles. The summed E-state index contributed by atoms with van der Waals surface area (Å²) in [6, 6.07) is 0. The van der Waals surface area contributed by atoms with Crippen LogP contribution in [0.15, 0.2) is 12.4 Å². The van der Waals surface area contributed by atoms with Gasteiger partial charge >= 0.3 is 5.97 Å². The van der Waals surface area contributed by atoms with Gasteiger partial charge in [-0.25, -0.2) is 8.42 Å². The van der Waals surface area contributed by atoms with E-state index in [1.807, 2.05) is 0 Å². The molecule has 1 aromatic rings. The fourth-order valence-electron chi connectivity index (χ4n) is 1.37. The second kappa shape index (κ2) is 6.89. The first-order chi connectivity index (χ1) is 9.32. The highest BCUT2D eigenvalue weighted by molar-refractivity contribution is 7.92. The van der Waals surface area contributed by atoms with Gasteiger partial charge in [-0.2, -0.15) is 5.10 Å². The van der Waals surface area contributed by atoms with Crippen molar-refractivity contribution in [1.82, 2.24) is 15.1 Å². The summed E-state index contributed by atoms with van der Waals surface area (Å²) in [7, 11) is -2.13. The molecule has 0 radical (unpaired) electrons. The number of hydrogen-bond acceptors (Lipinski definition) is 5. The second-order valence-electron chi connectivity index (χ2n) is 4.02. The number of nitrogens with one attached hydrogen (secondary N) is 2. The van der Waals surface area contributed by atoms with Crippen LogP contribution in [0.2, 0.25) is 0 Å². The lowest BCUT2D eigenvalue weighted by Crippen LogP contribution is -2.23. The van der Waals surface area contributed by atoms with Gasteiger partial charge in [0.15, 0.2) is 0 Å². The third-order valence-corrected chi connectivity index (χ3v) is 3.67. The van der Waals surface area contributed by atoms with Crippen molar-refractivity contribution in [3.63, 3.8) is 0 Å². The predicted octanol–water partition coefficient (Wildman–Crippen LogP) is -0.764. The summed E-state index contributed by atoms with van der Waals surface area (Å²) >= 11 is 0. The fourth-order valence-corrected chi connectivity index (χ4v) is 2.46. The maximum Gasteiger partial charge on any atom is 0.303 e. The molecule has 0 aliphatic heterocycles. The van der Waals surface area contributed by atoms with Crippen molar-refractivity contribution in [2.45, 2.75) is 19.4 Å². The number of carbonyl (C=O) groups excluding carboxylic acids is 1. The number of carboxylic acid groups (broad SMARTS) is 1. The molecule has 112 valence electrons. The van der Waals surface area contributed by atoms with E-state index in [1.165, 1.54) is 24.1 Å². The first kappa shape index (κ1) is 16.0. The summed E-state index contributed by atoms with van der Waals surface area (Å²) in [6.45, 7) is -0.0166. The monoisotopic (exact) mass is 304 g/mol. The highest BCUT2D eigenvalue weighted by Crippen LogP contribution is 2.09. The summed E-state index contributed by atoms with van der Waals surface area (Å²) in [6.07, 6.45) is 2.47. The minimum atomic E-state index is -3.62. The lowest BCUT2D eigenvalue weighted by Gasteiger charge is -2.04. The Morgan fingerprint density at radius 2 is 2.15 bits per heavy atom. The number of nitrogens with zero attached hydrogens (tertiary/aromatic N) is 2. The minimum absolute atomic E-state index is 0.0166. The van der Waals surface area contributed by atoms with E-state index >= 15 is 0 Å². The number of anilines is 1. The van der Waals surface area contributed by atoms with Crippen LogP contribution < -0.4 is 10.0 Å². The summed E-state index contributed by atoms with van der Waals surface area (Å²) in [5.74, 6) is -1.59. The van der Waals surface area contributed by atoms with Crippen molar-refractivity contribution < 1.29 is 23.1 Å². The maximum atomic E-state index is 11.6. The molecule has 3 N–H and O–H groups in total. The highest BCUT2D eigenvalue weighted by Gasteiger charge is 2.13. The molecule has 0 unspecified atom stereocenters. The van der Waals surface area contributed by atoms with Gasteiger partial charge in [-0.15, -0.1) is 0 Å². The van der Waals surface area contributed by atoms with Crippen molar-refractivity contribution in [3.8, 4) is 0 Å². The van der Waals surface area contributed by atoms with E-state index in [0.29, 0.717) is 0 Å². The number of carbonyl (C=O) groups is 2. The van der Waals surface area contributed by atoms with Gasteiger partial charge in [-0.1, -0.05) is 0 Å². The van der Waals surface area contributed by atoms with E-state index in [9.17, 15) is 18.0 Å². The molecule has 0 spiro atoms. The van der Waals surface area contributed by atoms with Crippen LogP contribution >= 0.6 is 0 Å². The van der Waals surface area contributed by atoms with Crippen LogP contribution in [0.4, 0.5) is 5.69 Å². The average Bonchev–Trinajstić information content (AvgIpc) is 2.74. The number of amides is 1. The molecule has 0 bridgehead atoms. The van der Waals surface area contributed by atoms with Crippen LogP contribution in [0.1, 0.15) is 12.8 Å². The van der Waals surface area contributed by atoms with E-state index in [1.54, 1.807) is 0 Å². The zero-order valence-electron chi connectivity index (χ0n) is 10.9. The van der Waals surface area contributed by atoms with E-state index < -0.39 is 16.0 Å². The zero-order valence-corrected chi connectivity index (χ0v) is 11.7. The topological polar surface area (TPSA) is 130 Å². The summed E-state index contributed by atoms with van der Waals surface area (Å²) in [5, 5.41) is 14.7. The Balaban J connectivity index is 2.55. The first-order valence-corrected chi connectivity index (χ1v) is 7.43. The van der Waals surface area contributed by atoms with E-state index in [2.05, 4.69) is 15.1 Å². The normalized spacial score (nSPS) is 11.1. The number of likely N-dealkylation sites (N-methyl/N-ethyl adjacent to an activating group) is 1. The summed E-state index contributed by atoms with van der Waals surface area (Å²) < 4.78 is 26.9. The molecule has 0 aromatic carbocycles. The Morgan fingerprint density at radius 3 is 2.75 bits per heavy atom. The van der Waals surface area contributed by atoms with E-state index in [4.69, 9.17) is 5.11 Å². The molecule has 1 rings (SSSR count). The third-order valence-electron chi connectivity index (χ3n) is 2.29. The average molecular weight is 304 g/mol. The van der Waals surface area contributed by atoms with Gasteiger partial charge in [0.2, 0.25) is 15.9 Å². The SMILES string of the molecule is CNC(=O)Cn1cc(NS(=O)(=O)CCCC(=O)O)cn1. The molecule has 0 aliphatic carbocycles. The Hall–Kier alpha value is -2.10. The number of hydrogen-bond donors (Lipinski definition) is 3. The molecular weight excluding hydrogens is 288 g/mol.